The Morgan fingerprint density at radius 1 is 0.821 bits per heavy atom. The van der Waals surface area contributed by atoms with Crippen LogP contribution >= 0.6 is 15.9 Å². The average molecular weight is 585 g/mol. The predicted molar refractivity (Wildman–Crippen MR) is 154 cm³/mol. The molecular formula is C31H25BrN2O5. The van der Waals surface area contributed by atoms with Gasteiger partial charge in [-0.15, -0.1) is 0 Å². The summed E-state index contributed by atoms with van der Waals surface area (Å²) in [6.07, 6.45) is 4.41. The summed E-state index contributed by atoms with van der Waals surface area (Å²) in [5, 5.41) is 3.97. The lowest BCUT2D eigenvalue weighted by atomic mass is 10.2. The number of hydrazone groups is 1. The zero-order valence-electron chi connectivity index (χ0n) is 20.8. The first-order valence-electron chi connectivity index (χ1n) is 12.0. The summed E-state index contributed by atoms with van der Waals surface area (Å²) in [5.41, 5.74) is 4.86. The van der Waals surface area contributed by atoms with Crippen LogP contribution in [0.4, 0.5) is 0 Å². The van der Waals surface area contributed by atoms with Crippen molar-refractivity contribution in [2.45, 2.75) is 6.61 Å². The number of carbonyl (C=O) groups is 2. The van der Waals surface area contributed by atoms with Gasteiger partial charge in [0.25, 0.3) is 5.91 Å². The Bertz CT molecular complexity index is 1440. The van der Waals surface area contributed by atoms with Crippen LogP contribution in [0.2, 0.25) is 0 Å². The molecule has 0 saturated heterocycles. The molecule has 0 fully saturated rings. The van der Waals surface area contributed by atoms with Crippen molar-refractivity contribution >= 4 is 40.1 Å². The zero-order chi connectivity index (χ0) is 27.3. The van der Waals surface area contributed by atoms with E-state index in [4.69, 9.17) is 14.2 Å². The molecule has 39 heavy (non-hydrogen) atoms. The van der Waals surface area contributed by atoms with Crippen molar-refractivity contribution in [3.63, 3.8) is 0 Å². The van der Waals surface area contributed by atoms with Gasteiger partial charge in [0, 0.05) is 16.1 Å². The number of carbonyl (C=O) groups excluding carboxylic acids is 2. The third-order valence-electron chi connectivity index (χ3n) is 5.23. The fraction of sp³-hybridized carbons (Fsp3) is 0.0645. The normalized spacial score (nSPS) is 10.9. The van der Waals surface area contributed by atoms with E-state index in [0.29, 0.717) is 29.4 Å². The summed E-state index contributed by atoms with van der Waals surface area (Å²) in [6.45, 7) is 0.233. The molecule has 0 heterocycles. The molecule has 0 bridgehead atoms. The lowest BCUT2D eigenvalue weighted by Crippen LogP contribution is -2.24. The molecule has 0 aliphatic heterocycles. The quantitative estimate of drug-likeness (QED) is 0.0748. The standard InChI is InChI=1S/C31H25BrN2O5/c32-26-12-17-29(39-31(36)18-11-23-7-3-1-4-8-23)25(19-26)20-33-34-30(35)22-38-28-15-13-27(14-16-28)37-21-24-9-5-2-6-10-24/h1-20H,21-22H2,(H,34,35). The van der Waals surface area contributed by atoms with Crippen molar-refractivity contribution in [1.29, 1.82) is 0 Å². The second kappa shape index (κ2) is 14.3. The van der Waals surface area contributed by atoms with Gasteiger partial charge in [0.1, 0.15) is 23.9 Å². The number of hydrogen-bond acceptors (Lipinski definition) is 6. The topological polar surface area (TPSA) is 86.2 Å². The molecule has 8 heteroatoms. The van der Waals surface area contributed by atoms with Crippen molar-refractivity contribution in [2.75, 3.05) is 6.61 Å². The monoisotopic (exact) mass is 584 g/mol. The van der Waals surface area contributed by atoms with E-state index in [0.717, 1.165) is 15.6 Å². The van der Waals surface area contributed by atoms with E-state index in [-0.39, 0.29) is 6.61 Å². The highest BCUT2D eigenvalue weighted by molar-refractivity contribution is 9.10. The minimum absolute atomic E-state index is 0.230. The molecule has 4 aromatic carbocycles. The molecule has 0 atom stereocenters. The van der Waals surface area contributed by atoms with Gasteiger partial charge in [-0.25, -0.2) is 10.2 Å². The van der Waals surface area contributed by atoms with E-state index in [1.54, 1.807) is 48.5 Å². The first kappa shape index (κ1) is 27.3. The molecule has 1 amide bonds. The number of ether oxygens (including phenoxy) is 3. The molecule has 0 unspecified atom stereocenters. The summed E-state index contributed by atoms with van der Waals surface area (Å²) >= 11 is 3.39. The molecule has 4 rings (SSSR count). The van der Waals surface area contributed by atoms with Crippen LogP contribution in [0, 0.1) is 0 Å². The minimum atomic E-state index is -0.537. The zero-order valence-corrected chi connectivity index (χ0v) is 22.4. The van der Waals surface area contributed by atoms with Crippen molar-refractivity contribution in [3.05, 3.63) is 130 Å². The molecule has 0 spiro atoms. The molecule has 0 aliphatic rings. The number of benzene rings is 4. The molecule has 7 nitrogen and oxygen atoms in total. The molecule has 1 N–H and O–H groups in total. The number of nitrogens with one attached hydrogen (secondary N) is 1. The number of rotatable bonds is 11. The van der Waals surface area contributed by atoms with Gasteiger partial charge in [0.2, 0.25) is 0 Å². The number of hydrogen-bond donors (Lipinski definition) is 1. The molecule has 4 aromatic rings. The van der Waals surface area contributed by atoms with Crippen LogP contribution in [0.15, 0.2) is 119 Å². The summed E-state index contributed by atoms with van der Waals surface area (Å²) in [4.78, 5) is 24.5. The Morgan fingerprint density at radius 3 is 2.21 bits per heavy atom. The van der Waals surface area contributed by atoms with Gasteiger partial charge >= 0.3 is 5.97 Å². The lowest BCUT2D eigenvalue weighted by Gasteiger charge is -2.08. The lowest BCUT2D eigenvalue weighted by molar-refractivity contribution is -0.129. The highest BCUT2D eigenvalue weighted by atomic mass is 79.9. The first-order valence-corrected chi connectivity index (χ1v) is 12.8. The Balaban J connectivity index is 1.25. The smallest absolute Gasteiger partial charge is 0.336 e. The Hall–Kier alpha value is -4.69. The Morgan fingerprint density at radius 2 is 1.49 bits per heavy atom. The first-order chi connectivity index (χ1) is 19.0. The highest BCUT2D eigenvalue weighted by Gasteiger charge is 2.08. The molecule has 0 saturated carbocycles. The molecule has 0 radical (unpaired) electrons. The van der Waals surface area contributed by atoms with Gasteiger partial charge in [0.05, 0.1) is 6.21 Å². The van der Waals surface area contributed by atoms with Crippen LogP contribution in [0.5, 0.6) is 17.2 Å². The van der Waals surface area contributed by atoms with E-state index in [2.05, 4.69) is 26.5 Å². The van der Waals surface area contributed by atoms with Crippen LogP contribution in [0.3, 0.4) is 0 Å². The SMILES string of the molecule is O=C(COc1ccc(OCc2ccccc2)cc1)NN=Cc1cc(Br)ccc1OC(=O)C=Cc1ccccc1. The van der Waals surface area contributed by atoms with E-state index in [9.17, 15) is 9.59 Å². The molecule has 196 valence electrons. The van der Waals surface area contributed by atoms with Gasteiger partial charge in [0.15, 0.2) is 6.61 Å². The fourth-order valence-electron chi connectivity index (χ4n) is 3.31. The number of halogens is 1. The van der Waals surface area contributed by atoms with E-state index in [1.807, 2.05) is 60.7 Å². The second-order valence-electron chi connectivity index (χ2n) is 8.17. The van der Waals surface area contributed by atoms with E-state index >= 15 is 0 Å². The second-order valence-corrected chi connectivity index (χ2v) is 9.09. The Kier molecular flexibility index (Phi) is 10.0. The van der Waals surface area contributed by atoms with E-state index in [1.165, 1.54) is 12.3 Å². The van der Waals surface area contributed by atoms with Gasteiger partial charge in [-0.1, -0.05) is 76.6 Å². The summed E-state index contributed by atoms with van der Waals surface area (Å²) < 4.78 is 17.5. The van der Waals surface area contributed by atoms with Crippen molar-refractivity contribution in [1.82, 2.24) is 5.43 Å². The van der Waals surface area contributed by atoms with Crippen molar-refractivity contribution < 1.29 is 23.8 Å². The van der Waals surface area contributed by atoms with Crippen LogP contribution in [0.1, 0.15) is 16.7 Å². The van der Waals surface area contributed by atoms with Gasteiger partial charge in [-0.2, -0.15) is 5.10 Å². The summed E-state index contributed by atoms with van der Waals surface area (Å²) in [7, 11) is 0. The van der Waals surface area contributed by atoms with Crippen LogP contribution in [-0.4, -0.2) is 24.7 Å². The third-order valence-corrected chi connectivity index (χ3v) is 5.72. The van der Waals surface area contributed by atoms with Crippen molar-refractivity contribution in [3.8, 4) is 17.2 Å². The third kappa shape index (κ3) is 9.28. The molecule has 0 aromatic heterocycles. The molecular weight excluding hydrogens is 560 g/mol. The van der Waals surface area contributed by atoms with Crippen LogP contribution in [-0.2, 0) is 16.2 Å². The largest absolute Gasteiger partial charge is 0.489 e. The maximum atomic E-state index is 12.3. The van der Waals surface area contributed by atoms with E-state index < -0.39 is 11.9 Å². The van der Waals surface area contributed by atoms with Crippen LogP contribution < -0.4 is 19.6 Å². The summed E-state index contributed by atoms with van der Waals surface area (Å²) in [5.74, 6) is 0.525. The van der Waals surface area contributed by atoms with Gasteiger partial charge < -0.3 is 14.2 Å². The number of amides is 1. The average Bonchev–Trinajstić information content (AvgIpc) is 2.97. The summed E-state index contributed by atoms with van der Waals surface area (Å²) in [6, 6.07) is 31.4. The van der Waals surface area contributed by atoms with Gasteiger partial charge in [-0.3, -0.25) is 4.79 Å². The number of esters is 1. The highest BCUT2D eigenvalue weighted by Crippen LogP contribution is 2.22. The predicted octanol–water partition coefficient (Wildman–Crippen LogP) is 6.18. The maximum absolute atomic E-state index is 12.3. The van der Waals surface area contributed by atoms with Crippen molar-refractivity contribution in [2.24, 2.45) is 5.10 Å². The van der Waals surface area contributed by atoms with Crippen LogP contribution in [0.25, 0.3) is 6.08 Å². The minimum Gasteiger partial charge on any atom is -0.489 e. The van der Waals surface area contributed by atoms with Gasteiger partial charge in [-0.05, 0) is 59.7 Å². The fourth-order valence-corrected chi connectivity index (χ4v) is 3.69. The molecule has 0 aliphatic carbocycles. The maximum Gasteiger partial charge on any atom is 0.336 e. The Labute approximate surface area is 234 Å². The number of nitrogens with zero attached hydrogens (tertiary/aromatic N) is 1.